The van der Waals surface area contributed by atoms with E-state index in [9.17, 15) is 14.9 Å². The monoisotopic (exact) mass is 257 g/mol. The van der Waals surface area contributed by atoms with Gasteiger partial charge in [-0.15, -0.1) is 0 Å². The minimum Gasteiger partial charge on any atom is -0.468 e. The molecule has 98 valence electrons. The predicted octanol–water partition coefficient (Wildman–Crippen LogP) is 1.99. The number of hydrogen-bond donors (Lipinski definition) is 0. The molecule has 2 rings (SSSR count). The quantitative estimate of drug-likeness (QED) is 0.600. The molecule has 0 heterocycles. The first kappa shape index (κ1) is 13.3. The maximum absolute atomic E-state index is 11.8. The Balaban J connectivity index is 2.36. The van der Waals surface area contributed by atoms with Crippen molar-refractivity contribution in [2.75, 3.05) is 7.11 Å². The first-order chi connectivity index (χ1) is 9.13. The molecule has 1 fully saturated rings. The van der Waals surface area contributed by atoms with Crippen LogP contribution in [0.4, 0.5) is 0 Å². The van der Waals surface area contributed by atoms with E-state index in [4.69, 9.17) is 0 Å². The fourth-order valence-corrected chi connectivity index (χ4v) is 2.62. The lowest BCUT2D eigenvalue weighted by atomic mass is 9.66. The Morgan fingerprint density at radius 1 is 1.42 bits per heavy atom. The molecule has 0 saturated heterocycles. The number of benzene rings is 1. The van der Waals surface area contributed by atoms with Gasteiger partial charge in [-0.3, -0.25) is 9.59 Å². The molecule has 0 spiro atoms. The first-order valence-corrected chi connectivity index (χ1v) is 6.20. The first-order valence-electron chi connectivity index (χ1n) is 6.20. The number of rotatable bonds is 2. The summed E-state index contributed by atoms with van der Waals surface area (Å²) in [5.74, 6) is -1.49. The molecule has 2 atom stereocenters. The van der Waals surface area contributed by atoms with Crippen LogP contribution in [0.3, 0.4) is 0 Å². The Morgan fingerprint density at radius 3 is 2.68 bits per heavy atom. The normalized spacial score (nSPS) is 26.5. The van der Waals surface area contributed by atoms with Crippen LogP contribution in [0.2, 0.25) is 0 Å². The Hall–Kier alpha value is -2.15. The Kier molecular flexibility index (Phi) is 3.66. The van der Waals surface area contributed by atoms with E-state index in [2.05, 4.69) is 10.8 Å². The van der Waals surface area contributed by atoms with Crippen LogP contribution < -0.4 is 0 Å². The van der Waals surface area contributed by atoms with E-state index in [1.54, 1.807) is 0 Å². The lowest BCUT2D eigenvalue weighted by Crippen LogP contribution is -2.40. The highest BCUT2D eigenvalue weighted by atomic mass is 16.5. The molecule has 0 N–H and O–H groups in total. The average molecular weight is 257 g/mol. The van der Waals surface area contributed by atoms with E-state index in [-0.39, 0.29) is 18.6 Å². The third-order valence-electron chi connectivity index (χ3n) is 3.77. The summed E-state index contributed by atoms with van der Waals surface area (Å²) in [6.07, 6.45) is 0.904. The van der Waals surface area contributed by atoms with E-state index in [1.165, 1.54) is 7.11 Å². The van der Waals surface area contributed by atoms with E-state index >= 15 is 0 Å². The number of esters is 1. The molecule has 1 aliphatic carbocycles. The highest BCUT2D eigenvalue weighted by Gasteiger charge is 2.45. The number of ketones is 1. The predicted molar refractivity (Wildman–Crippen MR) is 68.1 cm³/mol. The van der Waals surface area contributed by atoms with Crippen LogP contribution in [-0.4, -0.2) is 18.9 Å². The molecule has 4 nitrogen and oxygen atoms in total. The van der Waals surface area contributed by atoms with Crippen molar-refractivity contribution in [2.45, 2.75) is 24.7 Å². The minimum atomic E-state index is -0.821. The smallest absolute Gasteiger partial charge is 0.316 e. The fourth-order valence-electron chi connectivity index (χ4n) is 2.62. The summed E-state index contributed by atoms with van der Waals surface area (Å²) >= 11 is 0. The summed E-state index contributed by atoms with van der Waals surface area (Å²) in [6.45, 7) is 0. The van der Waals surface area contributed by atoms with Gasteiger partial charge in [0, 0.05) is 6.42 Å². The van der Waals surface area contributed by atoms with Gasteiger partial charge in [0.1, 0.15) is 11.7 Å². The van der Waals surface area contributed by atoms with Crippen LogP contribution in [-0.2, 0) is 19.7 Å². The topological polar surface area (TPSA) is 67.2 Å². The van der Waals surface area contributed by atoms with Crippen LogP contribution in [0.5, 0.6) is 0 Å². The van der Waals surface area contributed by atoms with Crippen molar-refractivity contribution in [3.8, 4) is 6.07 Å². The summed E-state index contributed by atoms with van der Waals surface area (Å²) < 4.78 is 4.66. The zero-order chi connectivity index (χ0) is 13.9. The molecule has 1 aliphatic rings. The van der Waals surface area contributed by atoms with Gasteiger partial charge < -0.3 is 4.74 Å². The maximum Gasteiger partial charge on any atom is 0.316 e. The van der Waals surface area contributed by atoms with Crippen LogP contribution in [0, 0.1) is 17.2 Å². The molecule has 0 unspecified atom stereocenters. The molecule has 0 aromatic heterocycles. The molecule has 1 aromatic rings. The van der Waals surface area contributed by atoms with Gasteiger partial charge in [-0.05, 0) is 18.4 Å². The number of methoxy groups -OCH3 is 1. The summed E-state index contributed by atoms with van der Waals surface area (Å²) in [4.78, 5) is 23.5. The van der Waals surface area contributed by atoms with Crippen molar-refractivity contribution in [1.82, 2.24) is 0 Å². The molecule has 1 saturated carbocycles. The third-order valence-corrected chi connectivity index (χ3v) is 3.77. The number of nitriles is 1. The van der Waals surface area contributed by atoms with Gasteiger partial charge in [-0.25, -0.2) is 0 Å². The van der Waals surface area contributed by atoms with Crippen molar-refractivity contribution >= 4 is 11.8 Å². The highest BCUT2D eigenvalue weighted by molar-refractivity contribution is 6.00. The van der Waals surface area contributed by atoms with Gasteiger partial charge in [-0.1, -0.05) is 30.3 Å². The van der Waals surface area contributed by atoms with Crippen LogP contribution in [0.1, 0.15) is 24.8 Å². The fraction of sp³-hybridized carbons (Fsp3) is 0.400. The molecule has 0 radical (unpaired) electrons. The minimum absolute atomic E-state index is 0.131. The Labute approximate surface area is 112 Å². The molecular weight excluding hydrogens is 242 g/mol. The van der Waals surface area contributed by atoms with Crippen molar-refractivity contribution in [2.24, 2.45) is 5.92 Å². The largest absolute Gasteiger partial charge is 0.468 e. The lowest BCUT2D eigenvalue weighted by Gasteiger charge is -2.34. The van der Waals surface area contributed by atoms with E-state index in [1.807, 2.05) is 30.3 Å². The van der Waals surface area contributed by atoms with E-state index < -0.39 is 17.3 Å². The number of carbonyl (C=O) groups excluding carboxylic acids is 2. The second-order valence-corrected chi connectivity index (χ2v) is 4.81. The van der Waals surface area contributed by atoms with Crippen LogP contribution >= 0.6 is 0 Å². The van der Waals surface area contributed by atoms with Crippen LogP contribution in [0.15, 0.2) is 30.3 Å². The maximum atomic E-state index is 11.8. The summed E-state index contributed by atoms with van der Waals surface area (Å²) in [5.41, 5.74) is 0.0903. The summed E-state index contributed by atoms with van der Waals surface area (Å²) in [6, 6.07) is 11.6. The van der Waals surface area contributed by atoms with Crippen molar-refractivity contribution in [3.05, 3.63) is 35.9 Å². The molecular formula is C15H15NO3. The number of hydrogen-bond acceptors (Lipinski definition) is 4. The average Bonchev–Trinajstić information content (AvgIpc) is 2.48. The number of Topliss-reactive ketones (excluding diaryl/α,β-unsaturated/α-hetero) is 1. The van der Waals surface area contributed by atoms with Gasteiger partial charge in [-0.2, -0.15) is 5.26 Å². The summed E-state index contributed by atoms with van der Waals surface area (Å²) in [7, 11) is 1.26. The van der Waals surface area contributed by atoms with Gasteiger partial charge >= 0.3 is 5.97 Å². The second-order valence-electron chi connectivity index (χ2n) is 4.81. The third kappa shape index (κ3) is 2.37. The lowest BCUT2D eigenvalue weighted by molar-refractivity contribution is -0.151. The second kappa shape index (κ2) is 5.23. The number of nitrogens with zero attached hydrogens (tertiary/aromatic N) is 1. The summed E-state index contributed by atoms with van der Waals surface area (Å²) in [5, 5.41) is 9.54. The van der Waals surface area contributed by atoms with Gasteiger partial charge in [0.2, 0.25) is 0 Å². The zero-order valence-corrected chi connectivity index (χ0v) is 10.8. The Morgan fingerprint density at radius 2 is 2.11 bits per heavy atom. The standard InChI is InChI=1S/C15H15NO3/c1-19-14(18)12-9-15(10-16,8-7-13(12)17)11-5-3-2-4-6-11/h2-6,12H,7-9H2,1H3/t12-,15-/m1/s1. The van der Waals surface area contributed by atoms with Gasteiger partial charge in [0.25, 0.3) is 0 Å². The Bertz CT molecular complexity index is 524. The van der Waals surface area contributed by atoms with Crippen molar-refractivity contribution in [3.63, 3.8) is 0 Å². The number of ether oxygens (including phenoxy) is 1. The van der Waals surface area contributed by atoms with E-state index in [0.29, 0.717) is 6.42 Å². The van der Waals surface area contributed by atoms with Gasteiger partial charge in [0.05, 0.1) is 18.6 Å². The van der Waals surface area contributed by atoms with Gasteiger partial charge in [0.15, 0.2) is 0 Å². The SMILES string of the molecule is COC(=O)[C@@H]1C[C@](C#N)(c2ccccc2)CCC1=O. The zero-order valence-electron chi connectivity index (χ0n) is 10.8. The molecule has 0 amide bonds. The van der Waals surface area contributed by atoms with Crippen molar-refractivity contribution < 1.29 is 14.3 Å². The van der Waals surface area contributed by atoms with Crippen LogP contribution in [0.25, 0.3) is 0 Å². The molecule has 4 heteroatoms. The molecule has 1 aromatic carbocycles. The van der Waals surface area contributed by atoms with Crippen molar-refractivity contribution in [1.29, 1.82) is 5.26 Å². The molecule has 19 heavy (non-hydrogen) atoms. The number of carbonyl (C=O) groups is 2. The molecule has 0 aliphatic heterocycles. The van der Waals surface area contributed by atoms with E-state index in [0.717, 1.165) is 5.56 Å². The molecule has 0 bridgehead atoms. The highest BCUT2D eigenvalue weighted by Crippen LogP contribution is 2.40.